The third kappa shape index (κ3) is 3.59. The summed E-state index contributed by atoms with van der Waals surface area (Å²) in [6, 6.07) is 1.58. The smallest absolute Gasteiger partial charge is 0.292 e. The highest BCUT2D eigenvalue weighted by molar-refractivity contribution is 5.91. The lowest BCUT2D eigenvalue weighted by molar-refractivity contribution is -0.142. The van der Waals surface area contributed by atoms with Crippen molar-refractivity contribution in [1.82, 2.24) is 19.9 Å². The maximum Gasteiger partial charge on any atom is 0.292 e. The van der Waals surface area contributed by atoms with Crippen molar-refractivity contribution >= 4 is 11.8 Å². The zero-order chi connectivity index (χ0) is 17.2. The van der Waals surface area contributed by atoms with E-state index < -0.39 is 5.60 Å². The number of nitrogens with zero attached hydrogens (tertiary/aromatic N) is 4. The Kier molecular flexibility index (Phi) is 4.86. The Balaban J connectivity index is 1.66. The van der Waals surface area contributed by atoms with Gasteiger partial charge in [-0.05, 0) is 19.4 Å². The lowest BCUT2D eigenvalue weighted by Crippen LogP contribution is -2.61. The van der Waals surface area contributed by atoms with Crippen LogP contribution in [0.25, 0.3) is 0 Å². The first kappa shape index (κ1) is 16.9. The molecule has 1 aromatic rings. The number of rotatable bonds is 3. The van der Waals surface area contributed by atoms with Crippen molar-refractivity contribution in [3.8, 4) is 0 Å². The van der Waals surface area contributed by atoms with Crippen LogP contribution in [0.4, 0.5) is 0 Å². The molecule has 8 nitrogen and oxygen atoms in total. The van der Waals surface area contributed by atoms with E-state index in [4.69, 9.17) is 9.26 Å². The largest absolute Gasteiger partial charge is 0.370 e. The Morgan fingerprint density at radius 2 is 2.17 bits per heavy atom. The van der Waals surface area contributed by atoms with E-state index in [1.54, 1.807) is 30.0 Å². The quantitative estimate of drug-likeness (QED) is 0.777. The third-order valence-electron chi connectivity index (χ3n) is 4.66. The molecule has 1 spiro atoms. The van der Waals surface area contributed by atoms with Crippen molar-refractivity contribution in [2.45, 2.75) is 18.4 Å². The van der Waals surface area contributed by atoms with Crippen molar-refractivity contribution in [3.63, 3.8) is 0 Å². The van der Waals surface area contributed by atoms with Gasteiger partial charge in [0.05, 0.1) is 31.5 Å². The first-order valence-electron chi connectivity index (χ1n) is 8.25. The normalized spacial score (nSPS) is 25.0. The SMILES string of the molecule is CN(C)C(=O)CN1CCC[C@@]2(C1)CN(C(=O)c1ccno1)CCO2. The minimum atomic E-state index is -0.404. The van der Waals surface area contributed by atoms with Crippen molar-refractivity contribution in [2.75, 3.05) is 53.4 Å². The average molecular weight is 336 g/mol. The van der Waals surface area contributed by atoms with Crippen LogP contribution in [0.1, 0.15) is 23.4 Å². The molecule has 0 bridgehead atoms. The summed E-state index contributed by atoms with van der Waals surface area (Å²) in [6.45, 7) is 3.47. The highest BCUT2D eigenvalue weighted by Gasteiger charge is 2.42. The molecular formula is C16H24N4O4. The molecule has 3 rings (SSSR count). The van der Waals surface area contributed by atoms with Crippen LogP contribution in [0.15, 0.2) is 16.8 Å². The molecule has 0 radical (unpaired) electrons. The predicted molar refractivity (Wildman–Crippen MR) is 85.5 cm³/mol. The van der Waals surface area contributed by atoms with Gasteiger partial charge in [0, 0.05) is 33.3 Å². The summed E-state index contributed by atoms with van der Waals surface area (Å²) in [6.07, 6.45) is 3.31. The van der Waals surface area contributed by atoms with E-state index in [-0.39, 0.29) is 17.6 Å². The van der Waals surface area contributed by atoms with Crippen LogP contribution in [0.2, 0.25) is 0 Å². The second-order valence-corrected chi connectivity index (χ2v) is 6.74. The number of likely N-dealkylation sites (N-methyl/N-ethyl adjacent to an activating group) is 1. The van der Waals surface area contributed by atoms with Gasteiger partial charge in [0.1, 0.15) is 0 Å². The van der Waals surface area contributed by atoms with Crippen LogP contribution in [-0.4, -0.2) is 90.7 Å². The number of aromatic nitrogens is 1. The van der Waals surface area contributed by atoms with Crippen LogP contribution in [-0.2, 0) is 9.53 Å². The topological polar surface area (TPSA) is 79.1 Å². The van der Waals surface area contributed by atoms with E-state index in [0.29, 0.717) is 32.8 Å². The summed E-state index contributed by atoms with van der Waals surface area (Å²) in [5, 5.41) is 3.60. The summed E-state index contributed by atoms with van der Waals surface area (Å²) in [5.74, 6) is 0.177. The number of amides is 2. The molecule has 1 atom stereocenters. The van der Waals surface area contributed by atoms with Crippen LogP contribution < -0.4 is 0 Å². The standard InChI is InChI=1S/C16H24N4O4/c1-18(2)14(21)10-19-7-3-5-16(11-19)12-20(8-9-23-16)15(22)13-4-6-17-24-13/h4,6H,3,5,7-12H2,1-2H3/t16-/m1/s1. The molecule has 1 aromatic heterocycles. The molecule has 0 aromatic carbocycles. The monoisotopic (exact) mass is 336 g/mol. The summed E-state index contributed by atoms with van der Waals surface area (Å²) < 4.78 is 11.1. The fourth-order valence-electron chi connectivity index (χ4n) is 3.41. The first-order valence-corrected chi connectivity index (χ1v) is 8.25. The Labute approximate surface area is 141 Å². The number of likely N-dealkylation sites (tertiary alicyclic amines) is 1. The van der Waals surface area contributed by atoms with Crippen LogP contribution in [0.3, 0.4) is 0 Å². The fourth-order valence-corrected chi connectivity index (χ4v) is 3.41. The number of carbonyl (C=O) groups excluding carboxylic acids is 2. The summed E-state index contributed by atoms with van der Waals surface area (Å²) in [7, 11) is 3.52. The zero-order valence-electron chi connectivity index (χ0n) is 14.2. The summed E-state index contributed by atoms with van der Waals surface area (Å²) in [4.78, 5) is 30.0. The predicted octanol–water partition coefficient (Wildman–Crippen LogP) is 0.0698. The van der Waals surface area contributed by atoms with Gasteiger partial charge in [-0.2, -0.15) is 0 Å². The van der Waals surface area contributed by atoms with Crippen molar-refractivity contribution in [2.24, 2.45) is 0 Å². The van der Waals surface area contributed by atoms with Gasteiger partial charge in [0.25, 0.3) is 5.91 Å². The Hall–Kier alpha value is -1.93. The van der Waals surface area contributed by atoms with Crippen LogP contribution >= 0.6 is 0 Å². The molecule has 0 saturated carbocycles. The number of morpholine rings is 1. The van der Waals surface area contributed by atoms with E-state index in [1.165, 1.54) is 6.20 Å². The molecule has 8 heteroatoms. The second-order valence-electron chi connectivity index (χ2n) is 6.74. The van der Waals surface area contributed by atoms with E-state index in [0.717, 1.165) is 19.4 Å². The number of hydrogen-bond acceptors (Lipinski definition) is 6. The molecule has 0 aliphatic carbocycles. The first-order chi connectivity index (χ1) is 11.5. The van der Waals surface area contributed by atoms with E-state index in [1.807, 2.05) is 0 Å². The van der Waals surface area contributed by atoms with Gasteiger partial charge in [-0.1, -0.05) is 5.16 Å². The molecule has 2 amide bonds. The van der Waals surface area contributed by atoms with Gasteiger partial charge < -0.3 is 19.1 Å². The van der Waals surface area contributed by atoms with Crippen molar-refractivity contribution < 1.29 is 18.8 Å². The van der Waals surface area contributed by atoms with E-state index in [2.05, 4.69) is 10.1 Å². The van der Waals surface area contributed by atoms with Gasteiger partial charge in [-0.15, -0.1) is 0 Å². The third-order valence-corrected chi connectivity index (χ3v) is 4.66. The van der Waals surface area contributed by atoms with Gasteiger partial charge in [0.15, 0.2) is 0 Å². The van der Waals surface area contributed by atoms with Gasteiger partial charge >= 0.3 is 0 Å². The molecule has 2 aliphatic heterocycles. The van der Waals surface area contributed by atoms with Crippen LogP contribution in [0.5, 0.6) is 0 Å². The minimum absolute atomic E-state index is 0.0810. The highest BCUT2D eigenvalue weighted by Crippen LogP contribution is 2.29. The van der Waals surface area contributed by atoms with E-state index in [9.17, 15) is 9.59 Å². The molecule has 2 fully saturated rings. The molecule has 132 valence electrons. The number of piperidine rings is 1. The molecule has 0 unspecified atom stereocenters. The van der Waals surface area contributed by atoms with E-state index >= 15 is 0 Å². The van der Waals surface area contributed by atoms with Crippen molar-refractivity contribution in [1.29, 1.82) is 0 Å². The average Bonchev–Trinajstić information content (AvgIpc) is 3.08. The molecule has 3 heterocycles. The molecule has 0 N–H and O–H groups in total. The molecule has 24 heavy (non-hydrogen) atoms. The Morgan fingerprint density at radius 1 is 1.33 bits per heavy atom. The molecular weight excluding hydrogens is 312 g/mol. The van der Waals surface area contributed by atoms with Gasteiger partial charge in [0.2, 0.25) is 11.7 Å². The maximum absolute atomic E-state index is 12.5. The lowest BCUT2D eigenvalue weighted by atomic mass is 9.90. The zero-order valence-corrected chi connectivity index (χ0v) is 14.2. The molecule has 2 aliphatic rings. The Bertz CT molecular complexity index is 585. The number of carbonyl (C=O) groups is 2. The number of ether oxygens (including phenoxy) is 1. The summed E-state index contributed by atoms with van der Waals surface area (Å²) >= 11 is 0. The van der Waals surface area contributed by atoms with Crippen molar-refractivity contribution in [3.05, 3.63) is 18.0 Å². The maximum atomic E-state index is 12.5. The molecule has 2 saturated heterocycles. The van der Waals surface area contributed by atoms with Gasteiger partial charge in [-0.25, -0.2) is 0 Å². The number of hydrogen-bond donors (Lipinski definition) is 0. The minimum Gasteiger partial charge on any atom is -0.370 e. The fraction of sp³-hybridized carbons (Fsp3) is 0.688. The van der Waals surface area contributed by atoms with Crippen LogP contribution in [0, 0.1) is 0 Å². The second kappa shape index (κ2) is 6.90. The highest BCUT2D eigenvalue weighted by atomic mass is 16.5. The Morgan fingerprint density at radius 3 is 2.88 bits per heavy atom. The lowest BCUT2D eigenvalue weighted by Gasteiger charge is -2.47. The summed E-state index contributed by atoms with van der Waals surface area (Å²) in [5.41, 5.74) is -0.404. The van der Waals surface area contributed by atoms with Gasteiger partial charge in [-0.3, -0.25) is 14.5 Å².